The van der Waals surface area contributed by atoms with Crippen LogP contribution in [0.2, 0.25) is 0 Å². The van der Waals surface area contributed by atoms with Crippen molar-refractivity contribution in [3.8, 4) is 11.5 Å². The third kappa shape index (κ3) is 3.93. The number of nitrogens with one attached hydrogen (secondary N) is 1. The Morgan fingerprint density at radius 1 is 1.12 bits per heavy atom. The summed E-state index contributed by atoms with van der Waals surface area (Å²) in [5.41, 5.74) is 4.08. The largest absolute Gasteiger partial charge is 0.490 e. The van der Waals surface area contributed by atoms with Crippen LogP contribution in [0.5, 0.6) is 11.5 Å². The maximum absolute atomic E-state index is 13.1. The van der Waals surface area contributed by atoms with E-state index in [0.717, 1.165) is 29.9 Å². The van der Waals surface area contributed by atoms with Crippen molar-refractivity contribution in [2.24, 2.45) is 0 Å². The second-order valence-electron chi connectivity index (χ2n) is 8.52. The molecule has 0 aliphatic carbocycles. The summed E-state index contributed by atoms with van der Waals surface area (Å²) >= 11 is 0. The fraction of sp³-hybridized carbons (Fsp3) is 0.346. The van der Waals surface area contributed by atoms with Crippen LogP contribution in [0, 0.1) is 0 Å². The maximum atomic E-state index is 13.1. The second-order valence-corrected chi connectivity index (χ2v) is 8.52. The minimum Gasteiger partial charge on any atom is -0.490 e. The van der Waals surface area contributed by atoms with Crippen molar-refractivity contribution in [1.82, 2.24) is 5.32 Å². The monoisotopic (exact) mass is 432 g/mol. The average molecular weight is 433 g/mol. The molecule has 0 radical (unpaired) electrons. The number of ether oxygens (including phenoxy) is 2. The Labute approximate surface area is 188 Å². The quantitative estimate of drug-likeness (QED) is 0.622. The molecule has 6 heteroatoms. The lowest BCUT2D eigenvalue weighted by Gasteiger charge is -2.24. The van der Waals surface area contributed by atoms with Crippen LogP contribution in [0.4, 0.5) is 5.69 Å². The van der Waals surface area contributed by atoms with E-state index in [2.05, 4.69) is 41.4 Å². The smallest absolute Gasteiger partial charge is 0.255 e. The Hall–Kier alpha value is -3.41. The lowest BCUT2D eigenvalue weighted by atomic mass is 10.1. The number of carbonyl (C=O) groups is 1. The number of anilines is 1. The van der Waals surface area contributed by atoms with E-state index in [4.69, 9.17) is 13.9 Å². The highest BCUT2D eigenvalue weighted by molar-refractivity contribution is 5.95. The summed E-state index contributed by atoms with van der Waals surface area (Å²) in [5, 5.41) is 3.10. The molecule has 2 aliphatic rings. The second kappa shape index (κ2) is 8.61. The SMILES string of the molecule is CC(NC(=O)c1ccoc1CN1c2ccccc2CC1C)c1ccc2c(c1)OCCCO2. The number of para-hydroxylation sites is 1. The van der Waals surface area contributed by atoms with Gasteiger partial charge in [-0.2, -0.15) is 0 Å². The van der Waals surface area contributed by atoms with E-state index in [-0.39, 0.29) is 11.9 Å². The van der Waals surface area contributed by atoms with Crippen molar-refractivity contribution >= 4 is 11.6 Å². The van der Waals surface area contributed by atoms with Gasteiger partial charge in [0.15, 0.2) is 11.5 Å². The molecular formula is C26H28N2O4. The highest BCUT2D eigenvalue weighted by Crippen LogP contribution is 2.34. The first-order valence-corrected chi connectivity index (χ1v) is 11.2. The van der Waals surface area contributed by atoms with Crippen LogP contribution >= 0.6 is 0 Å². The summed E-state index contributed by atoms with van der Waals surface area (Å²) in [6.07, 6.45) is 3.45. The minimum atomic E-state index is -0.186. The molecule has 0 bridgehead atoms. The third-order valence-corrected chi connectivity index (χ3v) is 6.27. The first-order chi connectivity index (χ1) is 15.6. The highest BCUT2D eigenvalue weighted by atomic mass is 16.5. The molecular weight excluding hydrogens is 404 g/mol. The van der Waals surface area contributed by atoms with Crippen molar-refractivity contribution in [1.29, 1.82) is 0 Å². The molecule has 0 fully saturated rings. The summed E-state index contributed by atoms with van der Waals surface area (Å²) < 4.78 is 17.2. The summed E-state index contributed by atoms with van der Waals surface area (Å²) in [4.78, 5) is 15.4. The molecule has 5 rings (SSSR count). The normalized spacial score (nSPS) is 18.1. The van der Waals surface area contributed by atoms with E-state index in [9.17, 15) is 4.79 Å². The van der Waals surface area contributed by atoms with Crippen LogP contribution in [0.3, 0.4) is 0 Å². The molecule has 1 amide bonds. The van der Waals surface area contributed by atoms with Gasteiger partial charge in [-0.25, -0.2) is 0 Å². The van der Waals surface area contributed by atoms with Crippen LogP contribution in [0.1, 0.15) is 53.6 Å². The molecule has 0 saturated heterocycles. The van der Waals surface area contributed by atoms with E-state index in [1.54, 1.807) is 12.3 Å². The van der Waals surface area contributed by atoms with Crippen molar-refractivity contribution < 1.29 is 18.7 Å². The number of furan rings is 1. The molecule has 166 valence electrons. The molecule has 2 unspecified atom stereocenters. The van der Waals surface area contributed by atoms with Crippen LogP contribution in [0.15, 0.2) is 59.2 Å². The summed E-state index contributed by atoms with van der Waals surface area (Å²) in [7, 11) is 0. The predicted molar refractivity (Wildman–Crippen MR) is 122 cm³/mol. The molecule has 1 aromatic heterocycles. The van der Waals surface area contributed by atoms with Gasteiger partial charge in [0.05, 0.1) is 37.6 Å². The lowest BCUT2D eigenvalue weighted by Crippen LogP contribution is -2.31. The van der Waals surface area contributed by atoms with Gasteiger partial charge in [-0.3, -0.25) is 4.79 Å². The number of hydrogen-bond donors (Lipinski definition) is 1. The Morgan fingerprint density at radius 2 is 1.94 bits per heavy atom. The fourth-order valence-corrected chi connectivity index (χ4v) is 4.50. The summed E-state index contributed by atoms with van der Waals surface area (Å²) in [5.74, 6) is 2.01. The van der Waals surface area contributed by atoms with Gasteiger partial charge in [-0.15, -0.1) is 0 Å². The zero-order valence-electron chi connectivity index (χ0n) is 18.5. The standard InChI is InChI=1S/C26H28N2O4/c1-17-14-20-6-3-4-7-22(20)28(17)16-25-21(10-13-32-25)26(29)27-18(2)19-8-9-23-24(15-19)31-12-5-11-30-23/h3-4,6-10,13,15,17-18H,5,11-12,14,16H2,1-2H3,(H,27,29). The van der Waals surface area contributed by atoms with Crippen molar-refractivity contribution in [2.45, 2.75) is 45.3 Å². The van der Waals surface area contributed by atoms with Crippen LogP contribution in [0.25, 0.3) is 0 Å². The molecule has 6 nitrogen and oxygen atoms in total. The number of carbonyl (C=O) groups excluding carboxylic acids is 1. The Balaban J connectivity index is 1.30. The first kappa shape index (κ1) is 20.5. The lowest BCUT2D eigenvalue weighted by molar-refractivity contribution is 0.0937. The van der Waals surface area contributed by atoms with Crippen LogP contribution < -0.4 is 19.7 Å². The van der Waals surface area contributed by atoms with Gasteiger partial charge in [0.1, 0.15) is 5.76 Å². The molecule has 1 N–H and O–H groups in total. The van der Waals surface area contributed by atoms with E-state index in [1.807, 2.05) is 25.1 Å². The number of hydrogen-bond acceptors (Lipinski definition) is 5. The number of nitrogens with zero attached hydrogens (tertiary/aromatic N) is 1. The van der Waals surface area contributed by atoms with Gasteiger partial charge < -0.3 is 24.1 Å². The van der Waals surface area contributed by atoms with E-state index >= 15 is 0 Å². The Morgan fingerprint density at radius 3 is 2.81 bits per heavy atom. The molecule has 32 heavy (non-hydrogen) atoms. The fourth-order valence-electron chi connectivity index (χ4n) is 4.50. The van der Waals surface area contributed by atoms with Gasteiger partial charge in [-0.1, -0.05) is 24.3 Å². The van der Waals surface area contributed by atoms with Crippen LogP contribution in [-0.2, 0) is 13.0 Å². The zero-order valence-corrected chi connectivity index (χ0v) is 18.5. The number of benzene rings is 2. The zero-order chi connectivity index (χ0) is 22.1. The number of amides is 1. The van der Waals surface area contributed by atoms with Gasteiger partial charge in [-0.05, 0) is 55.7 Å². The Bertz CT molecular complexity index is 1120. The molecule has 2 atom stereocenters. The predicted octanol–water partition coefficient (Wildman–Crippen LogP) is 4.88. The molecule has 0 saturated carbocycles. The highest BCUT2D eigenvalue weighted by Gasteiger charge is 2.28. The topological polar surface area (TPSA) is 63.9 Å². The van der Waals surface area contributed by atoms with E-state index < -0.39 is 0 Å². The average Bonchev–Trinajstić information content (AvgIpc) is 3.30. The van der Waals surface area contributed by atoms with E-state index in [1.165, 1.54) is 11.3 Å². The summed E-state index contributed by atoms with van der Waals surface area (Å²) in [6.45, 7) is 6.02. The minimum absolute atomic E-state index is 0.145. The Kier molecular flexibility index (Phi) is 5.52. The van der Waals surface area contributed by atoms with Gasteiger partial charge in [0.2, 0.25) is 0 Å². The van der Waals surface area contributed by atoms with Gasteiger partial charge in [0, 0.05) is 18.2 Å². The van der Waals surface area contributed by atoms with Gasteiger partial charge >= 0.3 is 0 Å². The number of fused-ring (bicyclic) bond motifs is 2. The number of rotatable bonds is 5. The van der Waals surface area contributed by atoms with Gasteiger partial charge in [0.25, 0.3) is 5.91 Å². The molecule has 3 heterocycles. The van der Waals surface area contributed by atoms with E-state index in [0.29, 0.717) is 37.1 Å². The molecule has 0 spiro atoms. The van der Waals surface area contributed by atoms with Crippen LogP contribution in [-0.4, -0.2) is 25.2 Å². The molecule has 2 aromatic carbocycles. The van der Waals surface area contributed by atoms with Crippen molar-refractivity contribution in [2.75, 3.05) is 18.1 Å². The third-order valence-electron chi connectivity index (χ3n) is 6.27. The molecule has 2 aliphatic heterocycles. The van der Waals surface area contributed by atoms with Crippen molar-refractivity contribution in [3.63, 3.8) is 0 Å². The molecule has 3 aromatic rings. The van der Waals surface area contributed by atoms with Crippen molar-refractivity contribution in [3.05, 3.63) is 77.2 Å². The first-order valence-electron chi connectivity index (χ1n) is 11.2. The summed E-state index contributed by atoms with van der Waals surface area (Å²) in [6, 6.07) is 16.2. The maximum Gasteiger partial charge on any atom is 0.255 e.